The molecule has 1 fully saturated rings. The predicted molar refractivity (Wildman–Crippen MR) is 140 cm³/mol. The monoisotopic (exact) mass is 526 g/mol. The highest BCUT2D eigenvalue weighted by atomic mass is 35.5. The van der Waals surface area contributed by atoms with Gasteiger partial charge in [-0.3, -0.25) is 19.3 Å². The van der Waals surface area contributed by atoms with Crippen molar-refractivity contribution in [2.75, 3.05) is 30.3 Å². The van der Waals surface area contributed by atoms with E-state index in [0.717, 1.165) is 31.6 Å². The second-order valence-corrected chi connectivity index (χ2v) is 9.28. The normalized spacial score (nSPS) is 15.7. The summed E-state index contributed by atoms with van der Waals surface area (Å²) in [4.78, 5) is 47.0. The standard InChI is InChI=1S/C26H28ClFN6O3/c1-16-4-2-3-12-34(16)13-11-29-25(36)22-23(31-15-30-22)26(37)33-19-8-6-18(7-9-19)32-24(35)20-10-5-17(28)14-21(20)27/h5-10,14-16H,2-4,11-13H2,1H3,(H,29,36)(H,30,31)(H,32,35)(H,33,37)/t16-/m1/s1. The number of likely N-dealkylation sites (tertiary alicyclic amines) is 1. The summed E-state index contributed by atoms with van der Waals surface area (Å²) in [6.45, 7) is 4.44. The zero-order valence-corrected chi connectivity index (χ0v) is 21.1. The predicted octanol–water partition coefficient (Wildman–Crippen LogP) is 4.31. The summed E-state index contributed by atoms with van der Waals surface area (Å²) in [5, 5.41) is 8.22. The molecule has 0 radical (unpaired) electrons. The Bertz CT molecular complexity index is 1280. The van der Waals surface area contributed by atoms with Crippen LogP contribution in [0.15, 0.2) is 48.8 Å². The van der Waals surface area contributed by atoms with E-state index >= 15 is 0 Å². The number of anilines is 2. The zero-order chi connectivity index (χ0) is 26.4. The van der Waals surface area contributed by atoms with Crippen molar-refractivity contribution in [3.05, 3.63) is 76.6 Å². The number of carbonyl (C=O) groups excluding carboxylic acids is 3. The van der Waals surface area contributed by atoms with E-state index in [9.17, 15) is 18.8 Å². The SMILES string of the molecule is C[C@@H]1CCCCN1CCNC(=O)c1[nH]cnc1C(=O)Nc1ccc(NC(=O)c2ccc(F)cc2Cl)cc1. The molecule has 1 saturated heterocycles. The fourth-order valence-corrected chi connectivity index (χ4v) is 4.48. The highest BCUT2D eigenvalue weighted by Crippen LogP contribution is 2.20. The van der Waals surface area contributed by atoms with Gasteiger partial charge in [0, 0.05) is 30.5 Å². The number of halogens is 2. The number of rotatable bonds is 8. The summed E-state index contributed by atoms with van der Waals surface area (Å²) in [6.07, 6.45) is 4.86. The van der Waals surface area contributed by atoms with E-state index in [-0.39, 0.29) is 22.0 Å². The lowest BCUT2D eigenvalue weighted by Crippen LogP contribution is -2.42. The number of nitrogens with zero attached hydrogens (tertiary/aromatic N) is 2. The number of imidazole rings is 1. The lowest BCUT2D eigenvalue weighted by atomic mass is 10.0. The van der Waals surface area contributed by atoms with Crippen molar-refractivity contribution in [2.24, 2.45) is 0 Å². The van der Waals surface area contributed by atoms with Crippen LogP contribution in [0.2, 0.25) is 5.02 Å². The van der Waals surface area contributed by atoms with Gasteiger partial charge in [0.15, 0.2) is 5.69 Å². The summed E-state index contributed by atoms with van der Waals surface area (Å²) in [5.41, 5.74) is 1.09. The van der Waals surface area contributed by atoms with Crippen molar-refractivity contribution < 1.29 is 18.8 Å². The molecule has 4 N–H and O–H groups in total. The molecule has 0 spiro atoms. The smallest absolute Gasteiger partial charge is 0.276 e. The minimum Gasteiger partial charge on any atom is -0.349 e. The van der Waals surface area contributed by atoms with Gasteiger partial charge >= 0.3 is 0 Å². The average Bonchev–Trinajstić information content (AvgIpc) is 3.37. The highest BCUT2D eigenvalue weighted by Gasteiger charge is 2.22. The minimum absolute atomic E-state index is 0.00119. The molecule has 1 aliphatic heterocycles. The first-order chi connectivity index (χ1) is 17.8. The molecule has 9 nitrogen and oxygen atoms in total. The van der Waals surface area contributed by atoms with E-state index in [1.54, 1.807) is 24.3 Å². The summed E-state index contributed by atoms with van der Waals surface area (Å²) in [7, 11) is 0. The second-order valence-electron chi connectivity index (χ2n) is 8.87. The molecule has 2 heterocycles. The number of carbonyl (C=O) groups is 3. The van der Waals surface area contributed by atoms with Crippen molar-refractivity contribution in [2.45, 2.75) is 32.2 Å². The lowest BCUT2D eigenvalue weighted by molar-refractivity contribution is 0.0922. The van der Waals surface area contributed by atoms with Crippen LogP contribution in [0.1, 0.15) is 57.5 Å². The summed E-state index contributed by atoms with van der Waals surface area (Å²) in [5.74, 6) is -1.98. The van der Waals surface area contributed by atoms with Crippen molar-refractivity contribution in [1.29, 1.82) is 0 Å². The third-order valence-corrected chi connectivity index (χ3v) is 6.60. The molecule has 0 aliphatic carbocycles. The third-order valence-electron chi connectivity index (χ3n) is 6.28. The topological polar surface area (TPSA) is 119 Å². The van der Waals surface area contributed by atoms with Gasteiger partial charge in [0.1, 0.15) is 11.5 Å². The van der Waals surface area contributed by atoms with Gasteiger partial charge in [-0.2, -0.15) is 0 Å². The number of nitrogens with one attached hydrogen (secondary N) is 4. The molecule has 0 saturated carbocycles. The number of benzene rings is 2. The molecule has 194 valence electrons. The van der Waals surface area contributed by atoms with E-state index in [2.05, 4.69) is 37.7 Å². The molecule has 11 heteroatoms. The fraction of sp³-hybridized carbons (Fsp3) is 0.308. The first-order valence-corrected chi connectivity index (χ1v) is 12.4. The quantitative estimate of drug-likeness (QED) is 0.349. The Balaban J connectivity index is 1.31. The number of aromatic amines is 1. The number of hydrogen-bond acceptors (Lipinski definition) is 5. The van der Waals surface area contributed by atoms with Crippen LogP contribution in [-0.4, -0.2) is 58.3 Å². The molecule has 2 aromatic carbocycles. The van der Waals surface area contributed by atoms with Gasteiger partial charge in [0.2, 0.25) is 0 Å². The van der Waals surface area contributed by atoms with Gasteiger partial charge in [-0.15, -0.1) is 0 Å². The van der Waals surface area contributed by atoms with Gasteiger partial charge < -0.3 is 20.9 Å². The van der Waals surface area contributed by atoms with Crippen LogP contribution in [0.5, 0.6) is 0 Å². The van der Waals surface area contributed by atoms with Gasteiger partial charge in [0.25, 0.3) is 17.7 Å². The Morgan fingerprint density at radius 1 is 1.05 bits per heavy atom. The first kappa shape index (κ1) is 26.3. The van der Waals surface area contributed by atoms with Crippen LogP contribution in [0.3, 0.4) is 0 Å². The molecule has 0 bridgehead atoms. The Morgan fingerprint density at radius 3 is 2.43 bits per heavy atom. The molecular weight excluding hydrogens is 499 g/mol. The molecule has 1 atom stereocenters. The maximum Gasteiger partial charge on any atom is 0.276 e. The number of amides is 3. The van der Waals surface area contributed by atoms with E-state index in [0.29, 0.717) is 24.0 Å². The number of piperidine rings is 1. The van der Waals surface area contributed by atoms with Crippen LogP contribution < -0.4 is 16.0 Å². The van der Waals surface area contributed by atoms with Crippen LogP contribution in [0.25, 0.3) is 0 Å². The molecule has 3 amide bonds. The molecule has 1 aromatic heterocycles. The van der Waals surface area contributed by atoms with Crippen LogP contribution in [0, 0.1) is 5.82 Å². The summed E-state index contributed by atoms with van der Waals surface area (Å²) >= 11 is 5.94. The molecule has 1 aliphatic rings. The molecular formula is C26H28ClFN6O3. The van der Waals surface area contributed by atoms with Crippen molar-refractivity contribution >= 4 is 40.7 Å². The zero-order valence-electron chi connectivity index (χ0n) is 20.3. The second kappa shape index (κ2) is 12.0. The molecule has 37 heavy (non-hydrogen) atoms. The lowest BCUT2D eigenvalue weighted by Gasteiger charge is -2.33. The highest BCUT2D eigenvalue weighted by molar-refractivity contribution is 6.34. The summed E-state index contributed by atoms with van der Waals surface area (Å²) in [6, 6.07) is 10.4. The first-order valence-electron chi connectivity index (χ1n) is 12.1. The van der Waals surface area contributed by atoms with E-state index in [1.807, 2.05) is 0 Å². The minimum atomic E-state index is -0.550. The van der Waals surface area contributed by atoms with E-state index in [1.165, 1.54) is 25.2 Å². The maximum atomic E-state index is 13.2. The van der Waals surface area contributed by atoms with Crippen LogP contribution in [-0.2, 0) is 0 Å². The van der Waals surface area contributed by atoms with Gasteiger partial charge in [-0.25, -0.2) is 9.37 Å². The number of hydrogen-bond donors (Lipinski definition) is 4. The van der Waals surface area contributed by atoms with Crippen LogP contribution in [0.4, 0.5) is 15.8 Å². The maximum absolute atomic E-state index is 13.2. The molecule has 4 rings (SSSR count). The number of aromatic nitrogens is 2. The van der Waals surface area contributed by atoms with E-state index in [4.69, 9.17) is 11.6 Å². The number of H-pyrrole nitrogens is 1. The third kappa shape index (κ3) is 6.72. The Kier molecular flexibility index (Phi) is 8.52. The van der Waals surface area contributed by atoms with Crippen molar-refractivity contribution in [1.82, 2.24) is 20.2 Å². The summed E-state index contributed by atoms with van der Waals surface area (Å²) < 4.78 is 13.2. The van der Waals surface area contributed by atoms with Gasteiger partial charge in [-0.05, 0) is 68.8 Å². The average molecular weight is 527 g/mol. The van der Waals surface area contributed by atoms with Gasteiger partial charge in [0.05, 0.1) is 16.9 Å². The van der Waals surface area contributed by atoms with Crippen LogP contribution >= 0.6 is 11.6 Å². The Morgan fingerprint density at radius 2 is 1.76 bits per heavy atom. The van der Waals surface area contributed by atoms with Gasteiger partial charge in [-0.1, -0.05) is 18.0 Å². The molecule has 3 aromatic rings. The fourth-order valence-electron chi connectivity index (χ4n) is 4.23. The van der Waals surface area contributed by atoms with E-state index < -0.39 is 23.5 Å². The Labute approximate surface area is 218 Å². The van der Waals surface area contributed by atoms with Crippen molar-refractivity contribution in [3.8, 4) is 0 Å². The molecule has 0 unspecified atom stereocenters. The largest absolute Gasteiger partial charge is 0.349 e. The Hall–Kier alpha value is -3.76. The van der Waals surface area contributed by atoms with Crippen molar-refractivity contribution in [3.63, 3.8) is 0 Å².